The van der Waals surface area contributed by atoms with Crippen molar-refractivity contribution in [2.75, 3.05) is 9.80 Å². The minimum atomic E-state index is 0.0981. The first-order valence-electron chi connectivity index (χ1n) is 22.9. The van der Waals surface area contributed by atoms with Crippen LogP contribution in [0.4, 0.5) is 34.1 Å². The van der Waals surface area contributed by atoms with Gasteiger partial charge >= 0.3 is 0 Å². The first kappa shape index (κ1) is 40.7. The zero-order valence-corrected chi connectivity index (χ0v) is 37.4. The largest absolute Gasteiger partial charge is 0.310 e. The van der Waals surface area contributed by atoms with Crippen molar-refractivity contribution >= 4 is 34.1 Å². The molecule has 1 unspecified atom stereocenters. The quantitative estimate of drug-likeness (QED) is 0.115. The van der Waals surface area contributed by atoms with Crippen molar-refractivity contribution in [2.45, 2.75) is 138 Å². The average Bonchev–Trinajstić information content (AvgIpc) is 3.68. The van der Waals surface area contributed by atoms with E-state index in [1.54, 1.807) is 5.56 Å². The van der Waals surface area contributed by atoms with Crippen LogP contribution in [0.15, 0.2) is 109 Å². The minimum Gasteiger partial charge on any atom is -0.310 e. The Morgan fingerprint density at radius 1 is 0.525 bits per heavy atom. The predicted molar refractivity (Wildman–Crippen MR) is 255 cm³/mol. The number of hydrogen-bond donors (Lipinski definition) is 0. The van der Waals surface area contributed by atoms with Crippen LogP contribution in [0.1, 0.15) is 134 Å². The molecular formula is C57H66N2. The third kappa shape index (κ3) is 7.43. The monoisotopic (exact) mass is 779 g/mol. The van der Waals surface area contributed by atoms with E-state index in [1.165, 1.54) is 140 Å². The second-order valence-electron chi connectivity index (χ2n) is 18.0. The van der Waals surface area contributed by atoms with Crippen molar-refractivity contribution in [2.24, 2.45) is 0 Å². The molecule has 2 nitrogen and oxygen atoms in total. The molecule has 304 valence electrons. The van der Waals surface area contributed by atoms with E-state index in [2.05, 4.69) is 181 Å². The van der Waals surface area contributed by atoms with Crippen molar-refractivity contribution in [1.29, 1.82) is 0 Å². The molecule has 59 heavy (non-hydrogen) atoms. The molecule has 1 saturated carbocycles. The number of unbranched alkanes of at least 4 members (excludes halogenated alkanes) is 1. The van der Waals surface area contributed by atoms with Gasteiger partial charge < -0.3 is 9.80 Å². The van der Waals surface area contributed by atoms with Gasteiger partial charge in [0.2, 0.25) is 0 Å². The smallest absolute Gasteiger partial charge is 0.0520 e. The summed E-state index contributed by atoms with van der Waals surface area (Å²) in [6, 6.07) is 43.2. The molecule has 0 radical (unpaired) electrons. The molecule has 6 aromatic rings. The van der Waals surface area contributed by atoms with Gasteiger partial charge in [-0.1, -0.05) is 113 Å². The molecule has 2 atom stereocenters. The van der Waals surface area contributed by atoms with Gasteiger partial charge in [-0.15, -0.1) is 0 Å². The summed E-state index contributed by atoms with van der Waals surface area (Å²) in [6.45, 7) is 20.6. The number of hydrogen-bond acceptors (Lipinski definition) is 2. The average molecular weight is 779 g/mol. The molecular weight excluding hydrogens is 713 g/mol. The highest BCUT2D eigenvalue weighted by Gasteiger charge is 2.49. The van der Waals surface area contributed by atoms with E-state index in [4.69, 9.17) is 0 Å². The van der Waals surface area contributed by atoms with Gasteiger partial charge in [0.1, 0.15) is 0 Å². The molecule has 0 aliphatic heterocycles. The SMILES string of the molecule is CCCCc1cc(C)c(N(c2ccc(CC)cc2)c2ccc3c(c2)[C@@]2(CCC)CCCC2c2cc(N(c4ccc(CC)cc4)c4c(C)cc(C)cc4C)ccc2-3)c(C)c1. The lowest BCUT2D eigenvalue weighted by atomic mass is 9.60. The Kier molecular flexibility index (Phi) is 11.6. The Hall–Kier alpha value is -5.08. The summed E-state index contributed by atoms with van der Waals surface area (Å²) in [6.07, 6.45) is 11.8. The van der Waals surface area contributed by atoms with E-state index in [9.17, 15) is 0 Å². The van der Waals surface area contributed by atoms with Gasteiger partial charge in [0.15, 0.2) is 0 Å². The molecule has 8 rings (SSSR count). The lowest BCUT2D eigenvalue weighted by molar-refractivity contribution is 0.353. The van der Waals surface area contributed by atoms with Crippen molar-refractivity contribution in [3.8, 4) is 11.1 Å². The van der Waals surface area contributed by atoms with E-state index in [0.717, 1.165) is 19.3 Å². The van der Waals surface area contributed by atoms with E-state index in [-0.39, 0.29) is 5.41 Å². The lowest BCUT2D eigenvalue weighted by Gasteiger charge is -2.44. The topological polar surface area (TPSA) is 6.48 Å². The molecule has 1 fully saturated rings. The van der Waals surface area contributed by atoms with E-state index >= 15 is 0 Å². The Labute approximate surface area is 356 Å². The summed E-state index contributed by atoms with van der Waals surface area (Å²) in [5.74, 6) is 0.475. The van der Waals surface area contributed by atoms with Crippen molar-refractivity contribution in [3.63, 3.8) is 0 Å². The maximum absolute atomic E-state index is 2.62. The second kappa shape index (κ2) is 16.9. The van der Waals surface area contributed by atoms with Gasteiger partial charge in [0.25, 0.3) is 0 Å². The van der Waals surface area contributed by atoms with Crippen LogP contribution >= 0.6 is 0 Å². The van der Waals surface area contributed by atoms with E-state index in [1.807, 2.05) is 0 Å². The van der Waals surface area contributed by atoms with Gasteiger partial charge in [-0.05, 0) is 195 Å². The summed E-state index contributed by atoms with van der Waals surface area (Å²) in [5, 5.41) is 0. The molecule has 0 saturated heterocycles. The Balaban J connectivity index is 1.31. The maximum atomic E-state index is 2.62. The minimum absolute atomic E-state index is 0.0981. The molecule has 0 spiro atoms. The van der Waals surface area contributed by atoms with Gasteiger partial charge in [-0.3, -0.25) is 0 Å². The molecule has 2 heteroatoms. The molecule has 6 aromatic carbocycles. The van der Waals surface area contributed by atoms with Crippen LogP contribution in [0, 0.1) is 34.6 Å². The van der Waals surface area contributed by atoms with E-state index in [0.29, 0.717) is 5.92 Å². The zero-order valence-electron chi connectivity index (χ0n) is 37.4. The van der Waals surface area contributed by atoms with Crippen molar-refractivity contribution < 1.29 is 0 Å². The summed E-state index contributed by atoms with van der Waals surface area (Å²) in [4.78, 5) is 5.11. The fourth-order valence-electron chi connectivity index (χ4n) is 11.3. The van der Waals surface area contributed by atoms with Crippen LogP contribution in [-0.4, -0.2) is 0 Å². The van der Waals surface area contributed by atoms with Crippen LogP contribution in [-0.2, 0) is 24.7 Å². The highest BCUT2D eigenvalue weighted by Crippen LogP contribution is 2.62. The number of nitrogens with zero attached hydrogens (tertiary/aromatic N) is 2. The first-order chi connectivity index (χ1) is 28.6. The van der Waals surface area contributed by atoms with Gasteiger partial charge in [-0.25, -0.2) is 0 Å². The highest BCUT2D eigenvalue weighted by atomic mass is 15.2. The van der Waals surface area contributed by atoms with E-state index < -0.39 is 0 Å². The Morgan fingerprint density at radius 2 is 1.03 bits per heavy atom. The maximum Gasteiger partial charge on any atom is 0.0520 e. The van der Waals surface area contributed by atoms with Crippen LogP contribution in [0.5, 0.6) is 0 Å². The molecule has 0 amide bonds. The zero-order chi connectivity index (χ0) is 41.4. The van der Waals surface area contributed by atoms with Crippen molar-refractivity contribution in [1.82, 2.24) is 0 Å². The number of fused-ring (bicyclic) bond motifs is 6. The third-order valence-corrected chi connectivity index (χ3v) is 13.9. The predicted octanol–water partition coefficient (Wildman–Crippen LogP) is 16.6. The fraction of sp³-hybridized carbons (Fsp3) is 0.368. The summed E-state index contributed by atoms with van der Waals surface area (Å²) >= 11 is 0. The Morgan fingerprint density at radius 3 is 1.56 bits per heavy atom. The summed E-state index contributed by atoms with van der Waals surface area (Å²) < 4.78 is 0. The molecule has 0 heterocycles. The summed E-state index contributed by atoms with van der Waals surface area (Å²) in [7, 11) is 0. The number of rotatable bonds is 13. The number of aryl methyl sites for hydroxylation is 8. The van der Waals surface area contributed by atoms with Gasteiger partial charge in [0.05, 0.1) is 11.4 Å². The van der Waals surface area contributed by atoms with Crippen LogP contribution < -0.4 is 9.80 Å². The normalized spacial score (nSPS) is 16.7. The molecule has 0 aromatic heterocycles. The molecule has 0 bridgehead atoms. The van der Waals surface area contributed by atoms with Crippen molar-refractivity contribution in [3.05, 3.63) is 165 Å². The Bertz CT molecular complexity index is 2410. The molecule has 2 aliphatic carbocycles. The number of benzene rings is 6. The summed E-state index contributed by atoms with van der Waals surface area (Å²) in [5.41, 5.74) is 24.5. The lowest BCUT2D eigenvalue weighted by Crippen LogP contribution is -2.33. The second-order valence-corrected chi connectivity index (χ2v) is 18.0. The standard InChI is InChI=1S/C57H66N2/c1-10-14-16-45-34-41(8)56(42(9)35-45)59(47-24-20-44(13-4)21-25-47)49-27-29-51-50-28-26-48(36-52(50)53-17-15-31-57(53,30-11-2)54(51)37-49)58(46-22-18-43(12-3)19-23-46)55-39(6)32-38(5)33-40(55)7/h18-29,32-37,53H,10-17,30-31H2,1-9H3/t53?,57-/m0/s1. The highest BCUT2D eigenvalue weighted by molar-refractivity contribution is 5.88. The first-order valence-corrected chi connectivity index (χ1v) is 22.9. The molecule has 2 aliphatic rings. The van der Waals surface area contributed by atoms with Crippen LogP contribution in [0.2, 0.25) is 0 Å². The van der Waals surface area contributed by atoms with Gasteiger partial charge in [0, 0.05) is 28.2 Å². The third-order valence-electron chi connectivity index (χ3n) is 13.9. The van der Waals surface area contributed by atoms with Gasteiger partial charge in [-0.2, -0.15) is 0 Å². The molecule has 0 N–H and O–H groups in total. The fourth-order valence-corrected chi connectivity index (χ4v) is 11.3. The number of anilines is 6. The van der Waals surface area contributed by atoms with Crippen LogP contribution in [0.25, 0.3) is 11.1 Å². The van der Waals surface area contributed by atoms with Crippen LogP contribution in [0.3, 0.4) is 0 Å².